The zero-order valence-corrected chi connectivity index (χ0v) is 15.5. The van der Waals surface area contributed by atoms with E-state index in [-0.39, 0.29) is 11.9 Å². The van der Waals surface area contributed by atoms with Crippen molar-refractivity contribution in [3.63, 3.8) is 0 Å². The van der Waals surface area contributed by atoms with Crippen molar-refractivity contribution in [1.29, 1.82) is 0 Å². The van der Waals surface area contributed by atoms with E-state index in [4.69, 9.17) is 0 Å². The van der Waals surface area contributed by atoms with Crippen molar-refractivity contribution in [1.82, 2.24) is 14.7 Å². The lowest BCUT2D eigenvalue weighted by atomic mass is 10.0. The number of nitrogens with one attached hydrogen (secondary N) is 1. The number of anilines is 1. The summed E-state index contributed by atoms with van der Waals surface area (Å²) in [6.45, 7) is 3.93. The van der Waals surface area contributed by atoms with Gasteiger partial charge in [-0.05, 0) is 62.7 Å². The SMILES string of the molecule is Cc1ccnn1-c1cccc(NC(=O)C(c2ccccc2)N2CCCC2)c1. The molecule has 1 saturated heterocycles. The molecule has 4 rings (SSSR count). The number of hydrogen-bond acceptors (Lipinski definition) is 3. The van der Waals surface area contributed by atoms with Crippen molar-refractivity contribution in [3.05, 3.63) is 78.1 Å². The molecule has 1 aliphatic rings. The van der Waals surface area contributed by atoms with Gasteiger partial charge in [-0.3, -0.25) is 9.69 Å². The number of amides is 1. The number of hydrogen-bond donors (Lipinski definition) is 1. The van der Waals surface area contributed by atoms with Crippen molar-refractivity contribution in [2.75, 3.05) is 18.4 Å². The van der Waals surface area contributed by atoms with E-state index < -0.39 is 0 Å². The monoisotopic (exact) mass is 360 g/mol. The molecule has 1 aromatic heterocycles. The highest BCUT2D eigenvalue weighted by atomic mass is 16.2. The van der Waals surface area contributed by atoms with Gasteiger partial charge < -0.3 is 5.32 Å². The van der Waals surface area contributed by atoms with Gasteiger partial charge in [0.25, 0.3) is 0 Å². The van der Waals surface area contributed by atoms with Gasteiger partial charge in [-0.15, -0.1) is 0 Å². The predicted octanol–water partition coefficient (Wildman–Crippen LogP) is 3.96. The normalized spacial score (nSPS) is 15.6. The fourth-order valence-electron chi connectivity index (χ4n) is 3.73. The number of likely N-dealkylation sites (tertiary alicyclic amines) is 1. The first kappa shape index (κ1) is 17.5. The van der Waals surface area contributed by atoms with Crippen molar-refractivity contribution >= 4 is 11.6 Å². The molecule has 27 heavy (non-hydrogen) atoms. The second-order valence-electron chi connectivity index (χ2n) is 6.98. The molecule has 138 valence electrons. The summed E-state index contributed by atoms with van der Waals surface area (Å²) in [6, 6.07) is 19.6. The molecule has 1 unspecified atom stereocenters. The second-order valence-corrected chi connectivity index (χ2v) is 6.98. The maximum Gasteiger partial charge on any atom is 0.246 e. The Kier molecular flexibility index (Phi) is 5.03. The zero-order valence-electron chi connectivity index (χ0n) is 15.5. The average Bonchev–Trinajstić information content (AvgIpc) is 3.35. The van der Waals surface area contributed by atoms with Crippen LogP contribution in [0.3, 0.4) is 0 Å². The van der Waals surface area contributed by atoms with Gasteiger partial charge in [-0.2, -0.15) is 5.10 Å². The van der Waals surface area contributed by atoms with Crippen LogP contribution >= 0.6 is 0 Å². The summed E-state index contributed by atoms with van der Waals surface area (Å²) < 4.78 is 1.87. The van der Waals surface area contributed by atoms with Gasteiger partial charge in [-0.1, -0.05) is 36.4 Å². The third kappa shape index (κ3) is 3.78. The highest BCUT2D eigenvalue weighted by molar-refractivity contribution is 5.95. The number of rotatable bonds is 5. The molecule has 0 bridgehead atoms. The fourth-order valence-corrected chi connectivity index (χ4v) is 3.73. The summed E-state index contributed by atoms with van der Waals surface area (Å²) in [5.74, 6) is 0.0115. The first-order valence-corrected chi connectivity index (χ1v) is 9.43. The predicted molar refractivity (Wildman–Crippen MR) is 107 cm³/mol. The number of aromatic nitrogens is 2. The summed E-state index contributed by atoms with van der Waals surface area (Å²) in [5, 5.41) is 7.47. The van der Waals surface area contributed by atoms with Crippen LogP contribution in [-0.2, 0) is 4.79 Å². The third-order valence-electron chi connectivity index (χ3n) is 5.06. The molecule has 1 aliphatic heterocycles. The third-order valence-corrected chi connectivity index (χ3v) is 5.06. The van der Waals surface area contributed by atoms with Crippen LogP contribution in [0.25, 0.3) is 5.69 Å². The van der Waals surface area contributed by atoms with Crippen LogP contribution in [0.4, 0.5) is 5.69 Å². The molecule has 2 heterocycles. The Morgan fingerprint density at radius 2 is 1.81 bits per heavy atom. The van der Waals surface area contributed by atoms with E-state index in [1.54, 1.807) is 6.20 Å². The fraction of sp³-hybridized carbons (Fsp3) is 0.273. The minimum atomic E-state index is -0.260. The van der Waals surface area contributed by atoms with E-state index in [1.807, 2.05) is 72.3 Å². The van der Waals surface area contributed by atoms with Crippen molar-refractivity contribution < 1.29 is 4.79 Å². The quantitative estimate of drug-likeness (QED) is 0.749. The standard InChI is InChI=1S/C22H24N4O/c1-17-12-13-23-26(17)20-11-7-10-19(16-20)24-22(27)21(25-14-5-6-15-25)18-8-3-2-4-9-18/h2-4,7-13,16,21H,5-6,14-15H2,1H3,(H,24,27). The molecule has 0 saturated carbocycles. The number of aryl methyl sites for hydroxylation is 1. The lowest BCUT2D eigenvalue weighted by molar-refractivity contribution is -0.121. The van der Waals surface area contributed by atoms with Crippen LogP contribution < -0.4 is 5.32 Å². The van der Waals surface area contributed by atoms with Gasteiger partial charge in [0.05, 0.1) is 5.69 Å². The van der Waals surface area contributed by atoms with E-state index in [1.165, 1.54) is 0 Å². The topological polar surface area (TPSA) is 50.2 Å². The first-order chi connectivity index (χ1) is 13.2. The van der Waals surface area contributed by atoms with E-state index in [0.29, 0.717) is 0 Å². The van der Waals surface area contributed by atoms with Crippen molar-refractivity contribution in [3.8, 4) is 5.69 Å². The molecule has 1 amide bonds. The van der Waals surface area contributed by atoms with Gasteiger partial charge in [0.1, 0.15) is 6.04 Å². The Labute approximate surface area is 159 Å². The first-order valence-electron chi connectivity index (χ1n) is 9.43. The molecule has 0 radical (unpaired) electrons. The van der Waals surface area contributed by atoms with Gasteiger partial charge in [0.2, 0.25) is 5.91 Å². The Balaban J connectivity index is 1.59. The number of benzene rings is 2. The zero-order chi connectivity index (χ0) is 18.6. The molecule has 1 fully saturated rings. The largest absolute Gasteiger partial charge is 0.324 e. The summed E-state index contributed by atoms with van der Waals surface area (Å²) in [6.07, 6.45) is 4.06. The van der Waals surface area contributed by atoms with Crippen molar-refractivity contribution in [2.24, 2.45) is 0 Å². The van der Waals surface area contributed by atoms with E-state index in [2.05, 4.69) is 15.3 Å². The summed E-state index contributed by atoms with van der Waals surface area (Å²) in [4.78, 5) is 15.5. The van der Waals surface area contributed by atoms with Crippen LogP contribution in [0.2, 0.25) is 0 Å². The smallest absolute Gasteiger partial charge is 0.246 e. The highest BCUT2D eigenvalue weighted by Crippen LogP contribution is 2.27. The number of carbonyl (C=O) groups excluding carboxylic acids is 1. The van der Waals surface area contributed by atoms with E-state index in [9.17, 15) is 4.79 Å². The second kappa shape index (κ2) is 7.76. The Morgan fingerprint density at radius 1 is 1.04 bits per heavy atom. The van der Waals surface area contributed by atoms with Gasteiger partial charge in [-0.25, -0.2) is 4.68 Å². The minimum absolute atomic E-state index is 0.0115. The molecule has 5 nitrogen and oxygen atoms in total. The lowest BCUT2D eigenvalue weighted by Gasteiger charge is -2.27. The Hall–Kier alpha value is -2.92. The molecule has 0 spiro atoms. The molecule has 0 aliphatic carbocycles. The molecule has 1 atom stereocenters. The molecular formula is C22H24N4O. The Morgan fingerprint density at radius 3 is 2.52 bits per heavy atom. The van der Waals surface area contributed by atoms with Crippen LogP contribution in [0.1, 0.15) is 30.1 Å². The van der Waals surface area contributed by atoms with E-state index >= 15 is 0 Å². The van der Waals surface area contributed by atoms with Crippen LogP contribution in [0.5, 0.6) is 0 Å². The molecule has 3 aromatic rings. The van der Waals surface area contributed by atoms with Gasteiger partial charge >= 0.3 is 0 Å². The Bertz CT molecular complexity index is 913. The van der Waals surface area contributed by atoms with Gasteiger partial charge in [0.15, 0.2) is 0 Å². The maximum atomic E-state index is 13.2. The summed E-state index contributed by atoms with van der Waals surface area (Å²) in [7, 11) is 0. The summed E-state index contributed by atoms with van der Waals surface area (Å²) >= 11 is 0. The number of carbonyl (C=O) groups is 1. The number of nitrogens with zero attached hydrogens (tertiary/aromatic N) is 3. The van der Waals surface area contributed by atoms with Crippen LogP contribution in [0, 0.1) is 6.92 Å². The van der Waals surface area contributed by atoms with E-state index in [0.717, 1.165) is 48.6 Å². The van der Waals surface area contributed by atoms with Gasteiger partial charge in [0, 0.05) is 17.6 Å². The van der Waals surface area contributed by atoms with Crippen molar-refractivity contribution in [2.45, 2.75) is 25.8 Å². The minimum Gasteiger partial charge on any atom is -0.324 e. The maximum absolute atomic E-state index is 13.2. The average molecular weight is 360 g/mol. The van der Waals surface area contributed by atoms with Crippen LogP contribution in [-0.4, -0.2) is 33.7 Å². The molecule has 2 aromatic carbocycles. The van der Waals surface area contributed by atoms with Crippen LogP contribution in [0.15, 0.2) is 66.9 Å². The molecule has 5 heteroatoms. The molecule has 1 N–H and O–H groups in total. The highest BCUT2D eigenvalue weighted by Gasteiger charge is 2.29. The summed E-state index contributed by atoms with van der Waals surface area (Å²) in [5.41, 5.74) is 3.81. The lowest BCUT2D eigenvalue weighted by Crippen LogP contribution is -2.35. The molecular weight excluding hydrogens is 336 g/mol.